The van der Waals surface area contributed by atoms with E-state index in [9.17, 15) is 8.42 Å². The van der Waals surface area contributed by atoms with E-state index in [1.54, 1.807) is 19.1 Å². The quantitative estimate of drug-likeness (QED) is 0.920. The molecule has 0 amide bonds. The van der Waals surface area contributed by atoms with Crippen molar-refractivity contribution in [3.05, 3.63) is 22.7 Å². The molecule has 0 aliphatic carbocycles. The first-order chi connectivity index (χ1) is 9.33. The summed E-state index contributed by atoms with van der Waals surface area (Å²) in [6.45, 7) is 7.41. The Balaban J connectivity index is 2.37. The Morgan fingerprint density at radius 3 is 2.65 bits per heavy atom. The highest BCUT2D eigenvalue weighted by atomic mass is 32.2. The summed E-state index contributed by atoms with van der Waals surface area (Å²) >= 11 is 1.39. The van der Waals surface area contributed by atoms with Crippen LogP contribution in [0.5, 0.6) is 0 Å². The number of aryl methyl sites for hydroxylation is 2. The molecule has 0 spiro atoms. The molecule has 2 aromatic rings. The summed E-state index contributed by atoms with van der Waals surface area (Å²) in [6.07, 6.45) is 0.747. The molecule has 0 aliphatic rings. The van der Waals surface area contributed by atoms with Crippen molar-refractivity contribution in [2.24, 2.45) is 0 Å². The second kappa shape index (κ2) is 5.67. The lowest BCUT2D eigenvalue weighted by molar-refractivity contribution is 0.428. The van der Waals surface area contributed by atoms with Crippen molar-refractivity contribution < 1.29 is 12.9 Å². The molecule has 20 heavy (non-hydrogen) atoms. The standard InChI is InChI=1S/C13H18N2O3S2/c1-5-8(2)15-20(16,17)13-7-12(19-10(13)4)11-6-9(3)14-18-11/h6-8,15H,5H2,1-4H3/t8-/m0/s1. The van der Waals surface area contributed by atoms with E-state index in [1.165, 1.54) is 11.3 Å². The molecule has 0 aromatic carbocycles. The Morgan fingerprint density at radius 1 is 1.40 bits per heavy atom. The van der Waals surface area contributed by atoms with Crippen LogP contribution >= 0.6 is 11.3 Å². The van der Waals surface area contributed by atoms with Crippen LogP contribution in [0.4, 0.5) is 0 Å². The number of sulfonamides is 1. The first-order valence-corrected chi connectivity index (χ1v) is 8.70. The summed E-state index contributed by atoms with van der Waals surface area (Å²) in [5.41, 5.74) is 0.771. The lowest BCUT2D eigenvalue weighted by atomic mass is 10.3. The van der Waals surface area contributed by atoms with E-state index in [-0.39, 0.29) is 6.04 Å². The van der Waals surface area contributed by atoms with Gasteiger partial charge in [-0.05, 0) is 33.3 Å². The highest BCUT2D eigenvalue weighted by Crippen LogP contribution is 2.33. The van der Waals surface area contributed by atoms with E-state index in [2.05, 4.69) is 9.88 Å². The maximum atomic E-state index is 12.3. The Kier molecular flexibility index (Phi) is 4.31. The SMILES string of the molecule is CC[C@H](C)NS(=O)(=O)c1cc(-c2cc(C)no2)sc1C. The zero-order valence-electron chi connectivity index (χ0n) is 11.9. The van der Waals surface area contributed by atoms with Crippen LogP contribution in [0, 0.1) is 13.8 Å². The molecular weight excluding hydrogens is 296 g/mol. The van der Waals surface area contributed by atoms with Crippen LogP contribution in [-0.2, 0) is 10.0 Å². The average molecular weight is 314 g/mol. The molecule has 5 nitrogen and oxygen atoms in total. The van der Waals surface area contributed by atoms with Gasteiger partial charge in [0, 0.05) is 17.0 Å². The zero-order valence-corrected chi connectivity index (χ0v) is 13.6. The molecule has 2 rings (SSSR count). The molecule has 0 saturated heterocycles. The molecule has 1 atom stereocenters. The number of aromatic nitrogens is 1. The average Bonchev–Trinajstić information content (AvgIpc) is 2.95. The molecular formula is C13H18N2O3S2. The van der Waals surface area contributed by atoms with E-state index >= 15 is 0 Å². The fourth-order valence-electron chi connectivity index (χ4n) is 1.74. The third kappa shape index (κ3) is 3.11. The largest absolute Gasteiger partial charge is 0.355 e. The second-order valence-corrected chi connectivity index (χ2v) is 7.73. The van der Waals surface area contributed by atoms with Crippen LogP contribution in [0.1, 0.15) is 30.8 Å². The van der Waals surface area contributed by atoms with Crippen LogP contribution in [-0.4, -0.2) is 19.6 Å². The third-order valence-electron chi connectivity index (χ3n) is 3.00. The van der Waals surface area contributed by atoms with E-state index in [1.807, 2.05) is 20.8 Å². The van der Waals surface area contributed by atoms with Crippen LogP contribution in [0.15, 0.2) is 21.6 Å². The van der Waals surface area contributed by atoms with Crippen molar-refractivity contribution in [1.82, 2.24) is 9.88 Å². The van der Waals surface area contributed by atoms with E-state index < -0.39 is 10.0 Å². The van der Waals surface area contributed by atoms with Gasteiger partial charge in [-0.25, -0.2) is 13.1 Å². The van der Waals surface area contributed by atoms with Crippen LogP contribution in [0.3, 0.4) is 0 Å². The van der Waals surface area contributed by atoms with Gasteiger partial charge < -0.3 is 4.52 Å². The molecule has 0 unspecified atom stereocenters. The summed E-state index contributed by atoms with van der Waals surface area (Å²) in [4.78, 5) is 1.82. The van der Waals surface area contributed by atoms with Gasteiger partial charge in [0.15, 0.2) is 5.76 Å². The maximum absolute atomic E-state index is 12.3. The van der Waals surface area contributed by atoms with Crippen LogP contribution in [0.2, 0.25) is 0 Å². The van der Waals surface area contributed by atoms with Crippen molar-refractivity contribution in [3.8, 4) is 10.6 Å². The van der Waals surface area contributed by atoms with E-state index in [4.69, 9.17) is 4.52 Å². The third-order valence-corrected chi connectivity index (χ3v) is 5.91. The molecule has 0 radical (unpaired) electrons. The zero-order chi connectivity index (χ0) is 14.9. The topological polar surface area (TPSA) is 72.2 Å². The summed E-state index contributed by atoms with van der Waals surface area (Å²) in [6, 6.07) is 3.35. The first kappa shape index (κ1) is 15.2. The van der Waals surface area contributed by atoms with Gasteiger partial charge in [0.1, 0.15) is 0 Å². The molecule has 2 aromatic heterocycles. The Morgan fingerprint density at radius 2 is 2.10 bits per heavy atom. The Bertz CT molecular complexity index is 701. The number of hydrogen-bond donors (Lipinski definition) is 1. The summed E-state index contributed by atoms with van der Waals surface area (Å²) in [7, 11) is -3.48. The van der Waals surface area contributed by atoms with E-state index in [0.717, 1.165) is 21.9 Å². The van der Waals surface area contributed by atoms with Crippen molar-refractivity contribution in [1.29, 1.82) is 0 Å². The fourth-order valence-corrected chi connectivity index (χ4v) is 4.61. The molecule has 0 bridgehead atoms. The van der Waals surface area contributed by atoms with Crippen molar-refractivity contribution in [2.45, 2.75) is 45.1 Å². The predicted octanol–water partition coefficient (Wildman–Crippen LogP) is 3.10. The minimum absolute atomic E-state index is 0.0877. The second-order valence-electron chi connectivity index (χ2n) is 4.79. The molecule has 0 fully saturated rings. The van der Waals surface area contributed by atoms with E-state index in [0.29, 0.717) is 10.7 Å². The smallest absolute Gasteiger partial charge is 0.241 e. The molecule has 1 N–H and O–H groups in total. The van der Waals surface area contributed by atoms with Gasteiger partial charge in [-0.2, -0.15) is 0 Å². The molecule has 0 saturated carbocycles. The van der Waals surface area contributed by atoms with Gasteiger partial charge in [0.05, 0.1) is 15.5 Å². The number of nitrogens with one attached hydrogen (secondary N) is 1. The van der Waals surface area contributed by atoms with Gasteiger partial charge in [-0.1, -0.05) is 12.1 Å². The monoisotopic (exact) mass is 314 g/mol. The highest BCUT2D eigenvalue weighted by Gasteiger charge is 2.22. The maximum Gasteiger partial charge on any atom is 0.241 e. The van der Waals surface area contributed by atoms with Crippen LogP contribution in [0.25, 0.3) is 10.6 Å². The van der Waals surface area contributed by atoms with Crippen LogP contribution < -0.4 is 4.72 Å². The number of nitrogens with zero attached hydrogens (tertiary/aromatic N) is 1. The van der Waals surface area contributed by atoms with Crippen molar-refractivity contribution >= 4 is 21.4 Å². The number of thiophene rings is 1. The molecule has 7 heteroatoms. The lowest BCUT2D eigenvalue weighted by Gasteiger charge is -2.11. The van der Waals surface area contributed by atoms with Gasteiger partial charge in [-0.15, -0.1) is 11.3 Å². The van der Waals surface area contributed by atoms with Crippen molar-refractivity contribution in [3.63, 3.8) is 0 Å². The molecule has 2 heterocycles. The lowest BCUT2D eigenvalue weighted by Crippen LogP contribution is -2.32. The van der Waals surface area contributed by atoms with Gasteiger partial charge in [-0.3, -0.25) is 0 Å². The number of hydrogen-bond acceptors (Lipinski definition) is 5. The van der Waals surface area contributed by atoms with Gasteiger partial charge >= 0.3 is 0 Å². The Hall–Kier alpha value is -1.18. The minimum atomic E-state index is -3.48. The summed E-state index contributed by atoms with van der Waals surface area (Å²) in [5.74, 6) is 0.598. The predicted molar refractivity (Wildman–Crippen MR) is 79.4 cm³/mol. The summed E-state index contributed by atoms with van der Waals surface area (Å²) < 4.78 is 32.5. The summed E-state index contributed by atoms with van der Waals surface area (Å²) in [5, 5.41) is 3.82. The number of rotatable bonds is 5. The normalized spacial score (nSPS) is 13.6. The fraction of sp³-hybridized carbons (Fsp3) is 0.462. The molecule has 0 aliphatic heterocycles. The van der Waals surface area contributed by atoms with Crippen molar-refractivity contribution in [2.75, 3.05) is 0 Å². The van der Waals surface area contributed by atoms with Gasteiger partial charge in [0.25, 0.3) is 0 Å². The highest BCUT2D eigenvalue weighted by molar-refractivity contribution is 7.89. The minimum Gasteiger partial charge on any atom is -0.355 e. The first-order valence-electron chi connectivity index (χ1n) is 6.40. The Labute approximate surface area is 123 Å². The van der Waals surface area contributed by atoms with Gasteiger partial charge in [0.2, 0.25) is 10.0 Å². The molecule has 110 valence electrons.